The van der Waals surface area contributed by atoms with E-state index < -0.39 is 17.4 Å². The first kappa shape index (κ1) is 19.2. The number of carbonyl (C=O) groups excluding carboxylic acids is 1. The quantitative estimate of drug-likeness (QED) is 0.201. The summed E-state index contributed by atoms with van der Waals surface area (Å²) < 4.78 is 5.16. The van der Waals surface area contributed by atoms with Crippen LogP contribution >= 0.6 is 0 Å². The second kappa shape index (κ2) is 9.40. The maximum Gasteiger partial charge on any atom is 0.337 e. The highest BCUT2D eigenvalue weighted by Crippen LogP contribution is 2.41. The average molecular weight is 344 g/mol. The third-order valence-electron chi connectivity index (χ3n) is 4.77. The number of ether oxygens (including phenoxy) is 1. The normalized spacial score (nSPS) is 19.2. The molecule has 2 rings (SSSR count). The van der Waals surface area contributed by atoms with Crippen molar-refractivity contribution in [2.24, 2.45) is 0 Å². The molecule has 0 fully saturated rings. The zero-order valence-corrected chi connectivity index (χ0v) is 15.0. The molecule has 1 aromatic rings. The molecule has 1 unspecified atom stereocenters. The summed E-state index contributed by atoms with van der Waals surface area (Å²) in [6.07, 6.45) is 13.9. The van der Waals surface area contributed by atoms with E-state index in [9.17, 15) is 14.7 Å². The number of para-hydroxylation sites is 1. The van der Waals surface area contributed by atoms with Crippen molar-refractivity contribution in [3.8, 4) is 5.75 Å². The van der Waals surface area contributed by atoms with Gasteiger partial charge in [0.2, 0.25) is 5.41 Å². The first-order chi connectivity index (χ1) is 12.1. The molecule has 0 saturated heterocycles. The van der Waals surface area contributed by atoms with Crippen LogP contribution in [-0.4, -0.2) is 17.0 Å². The average Bonchev–Trinajstić information content (AvgIpc) is 2.89. The molecule has 0 radical (unpaired) electrons. The molecule has 1 heterocycles. The molecule has 136 valence electrons. The van der Waals surface area contributed by atoms with Crippen LogP contribution in [0.25, 0.3) is 0 Å². The van der Waals surface area contributed by atoms with Crippen molar-refractivity contribution < 1.29 is 19.4 Å². The summed E-state index contributed by atoms with van der Waals surface area (Å²) >= 11 is 0. The Morgan fingerprint density at radius 1 is 1.08 bits per heavy atom. The van der Waals surface area contributed by atoms with Gasteiger partial charge in [-0.05, 0) is 18.9 Å². The highest BCUT2D eigenvalue weighted by molar-refractivity contribution is 6.11. The zero-order valence-electron chi connectivity index (χ0n) is 15.0. The predicted molar refractivity (Wildman–Crippen MR) is 97.8 cm³/mol. The third-order valence-corrected chi connectivity index (χ3v) is 4.77. The minimum absolute atomic E-state index is 0.339. The van der Waals surface area contributed by atoms with E-state index >= 15 is 0 Å². The van der Waals surface area contributed by atoms with Gasteiger partial charge in [0, 0.05) is 5.56 Å². The van der Waals surface area contributed by atoms with Gasteiger partial charge in [-0.15, -0.1) is 0 Å². The standard InChI is InChI=1S/C21H28O4/c1-2-3-4-5-6-7-8-9-10-13-16-21(19(22)23)17-14-11-12-15-18(17)25-20(21)24/h11-16H,2-10H2,1H3,(H,22,23)/b16-13+. The van der Waals surface area contributed by atoms with E-state index in [4.69, 9.17) is 4.74 Å². The number of rotatable bonds is 11. The van der Waals surface area contributed by atoms with Crippen LogP contribution in [0.15, 0.2) is 36.4 Å². The molecule has 0 amide bonds. The van der Waals surface area contributed by atoms with Gasteiger partial charge in [-0.1, -0.05) is 82.2 Å². The topological polar surface area (TPSA) is 63.6 Å². The first-order valence-electron chi connectivity index (χ1n) is 9.35. The van der Waals surface area contributed by atoms with Gasteiger partial charge in [-0.2, -0.15) is 0 Å². The lowest BCUT2D eigenvalue weighted by Gasteiger charge is -2.16. The first-order valence-corrected chi connectivity index (χ1v) is 9.35. The lowest BCUT2D eigenvalue weighted by molar-refractivity contribution is -0.151. The van der Waals surface area contributed by atoms with Crippen LogP contribution < -0.4 is 4.74 Å². The molecule has 0 aliphatic carbocycles. The summed E-state index contributed by atoms with van der Waals surface area (Å²) in [6.45, 7) is 2.22. The van der Waals surface area contributed by atoms with Gasteiger partial charge in [0.25, 0.3) is 0 Å². The monoisotopic (exact) mass is 344 g/mol. The predicted octanol–water partition coefficient (Wildman–Crippen LogP) is 5.02. The lowest BCUT2D eigenvalue weighted by Crippen LogP contribution is -2.40. The molecule has 0 aromatic heterocycles. The molecule has 4 nitrogen and oxygen atoms in total. The number of aliphatic carboxylic acids is 1. The highest BCUT2D eigenvalue weighted by atomic mass is 16.5. The molecule has 0 spiro atoms. The van der Waals surface area contributed by atoms with Crippen LogP contribution in [0, 0.1) is 0 Å². The summed E-state index contributed by atoms with van der Waals surface area (Å²) in [5.74, 6) is -1.57. The fourth-order valence-corrected chi connectivity index (χ4v) is 3.26. The Morgan fingerprint density at radius 2 is 1.72 bits per heavy atom. The van der Waals surface area contributed by atoms with Crippen molar-refractivity contribution in [1.82, 2.24) is 0 Å². The van der Waals surface area contributed by atoms with Gasteiger partial charge in [-0.3, -0.25) is 4.79 Å². The van der Waals surface area contributed by atoms with Crippen molar-refractivity contribution in [3.05, 3.63) is 42.0 Å². The Morgan fingerprint density at radius 3 is 2.40 bits per heavy atom. The summed E-state index contributed by atoms with van der Waals surface area (Å²) in [6, 6.07) is 6.73. The third kappa shape index (κ3) is 4.50. The van der Waals surface area contributed by atoms with E-state index in [2.05, 4.69) is 6.92 Å². The minimum Gasteiger partial charge on any atom is -0.480 e. The Labute approximate surface area is 149 Å². The number of carbonyl (C=O) groups is 2. The van der Waals surface area contributed by atoms with Crippen LogP contribution in [-0.2, 0) is 15.0 Å². The Bertz CT molecular complexity index is 620. The summed E-state index contributed by atoms with van der Waals surface area (Å²) in [5, 5.41) is 9.67. The number of unbranched alkanes of at least 4 members (excludes halogenated alkanes) is 8. The van der Waals surface area contributed by atoms with Gasteiger partial charge in [0.15, 0.2) is 0 Å². The smallest absolute Gasteiger partial charge is 0.337 e. The highest BCUT2D eigenvalue weighted by Gasteiger charge is 2.53. The summed E-state index contributed by atoms with van der Waals surface area (Å²) in [5.41, 5.74) is -1.28. The zero-order chi connectivity index (χ0) is 18.1. The van der Waals surface area contributed by atoms with Crippen molar-refractivity contribution in [2.75, 3.05) is 0 Å². The van der Waals surface area contributed by atoms with E-state index in [1.54, 1.807) is 24.3 Å². The molecule has 25 heavy (non-hydrogen) atoms. The fourth-order valence-electron chi connectivity index (χ4n) is 3.26. The molecular weight excluding hydrogens is 316 g/mol. The SMILES string of the molecule is CCCCCCCCCC/C=C/C1(C(=O)O)C(=O)Oc2ccccc21. The number of benzene rings is 1. The van der Waals surface area contributed by atoms with Crippen molar-refractivity contribution in [3.63, 3.8) is 0 Å². The van der Waals surface area contributed by atoms with Gasteiger partial charge in [-0.25, -0.2) is 4.79 Å². The maximum atomic E-state index is 12.2. The molecule has 1 aliphatic heterocycles. The Balaban J connectivity index is 1.86. The van der Waals surface area contributed by atoms with Gasteiger partial charge in [0.05, 0.1) is 0 Å². The Kier molecular flexibility index (Phi) is 7.23. The van der Waals surface area contributed by atoms with E-state index in [0.29, 0.717) is 11.3 Å². The molecule has 0 saturated carbocycles. The number of hydrogen-bond acceptors (Lipinski definition) is 3. The Hall–Kier alpha value is -2.10. The van der Waals surface area contributed by atoms with Crippen LogP contribution in [0.3, 0.4) is 0 Å². The largest absolute Gasteiger partial charge is 0.480 e. The number of carboxylic acids is 1. The number of allylic oxidation sites excluding steroid dienone is 1. The van der Waals surface area contributed by atoms with E-state index in [0.717, 1.165) is 19.3 Å². The van der Waals surface area contributed by atoms with Crippen LogP contribution in [0.5, 0.6) is 5.75 Å². The maximum absolute atomic E-state index is 12.2. The molecular formula is C21H28O4. The molecule has 0 bridgehead atoms. The van der Waals surface area contributed by atoms with Crippen LogP contribution in [0.4, 0.5) is 0 Å². The molecule has 1 N–H and O–H groups in total. The second-order valence-corrected chi connectivity index (χ2v) is 6.66. The number of carboxylic acid groups (broad SMARTS) is 1. The van der Waals surface area contributed by atoms with Gasteiger partial charge >= 0.3 is 11.9 Å². The lowest BCUT2D eigenvalue weighted by atomic mass is 9.81. The van der Waals surface area contributed by atoms with Crippen molar-refractivity contribution in [1.29, 1.82) is 0 Å². The fraction of sp³-hybridized carbons (Fsp3) is 0.524. The number of hydrogen-bond donors (Lipinski definition) is 1. The number of fused-ring (bicyclic) bond motifs is 1. The van der Waals surface area contributed by atoms with Gasteiger partial charge in [0.1, 0.15) is 5.75 Å². The summed E-state index contributed by atoms with van der Waals surface area (Å²) in [4.78, 5) is 24.1. The number of esters is 1. The van der Waals surface area contributed by atoms with Crippen LogP contribution in [0.2, 0.25) is 0 Å². The molecule has 1 aliphatic rings. The van der Waals surface area contributed by atoms with Gasteiger partial charge < -0.3 is 9.84 Å². The van der Waals surface area contributed by atoms with Crippen molar-refractivity contribution >= 4 is 11.9 Å². The summed E-state index contributed by atoms with van der Waals surface area (Å²) in [7, 11) is 0. The van der Waals surface area contributed by atoms with E-state index in [1.807, 2.05) is 6.08 Å². The molecule has 4 heteroatoms. The van der Waals surface area contributed by atoms with Crippen LogP contribution in [0.1, 0.15) is 70.3 Å². The minimum atomic E-state index is -1.70. The molecule has 1 aromatic carbocycles. The van der Waals surface area contributed by atoms with E-state index in [1.165, 1.54) is 44.6 Å². The molecule has 1 atom stereocenters. The van der Waals surface area contributed by atoms with Crippen molar-refractivity contribution in [2.45, 2.75) is 70.1 Å². The van der Waals surface area contributed by atoms with E-state index in [-0.39, 0.29) is 0 Å². The second-order valence-electron chi connectivity index (χ2n) is 6.66.